The Morgan fingerprint density at radius 2 is 1.67 bits per heavy atom. The molecule has 0 aliphatic heterocycles. The van der Waals surface area contributed by atoms with Crippen LogP contribution in [0, 0.1) is 26.6 Å². The van der Waals surface area contributed by atoms with E-state index in [0.717, 1.165) is 28.1 Å². The summed E-state index contributed by atoms with van der Waals surface area (Å²) in [6.45, 7) is 5.85. The molecule has 0 saturated carbocycles. The maximum atomic E-state index is 13.4. The molecule has 0 saturated heterocycles. The van der Waals surface area contributed by atoms with E-state index in [1.807, 2.05) is 63.2 Å². The molecule has 0 bridgehead atoms. The fraction of sp³-hybridized carbons (Fsp3) is 0.125. The number of amides is 1. The quantitative estimate of drug-likeness (QED) is 0.509. The van der Waals surface area contributed by atoms with Crippen LogP contribution >= 0.6 is 0 Å². The van der Waals surface area contributed by atoms with Gasteiger partial charge in [-0.1, -0.05) is 30.3 Å². The summed E-state index contributed by atoms with van der Waals surface area (Å²) in [5, 5.41) is 7.39. The summed E-state index contributed by atoms with van der Waals surface area (Å²) in [5.74, 6) is -0.234. The number of nitrogens with one attached hydrogen (secondary N) is 1. The van der Waals surface area contributed by atoms with Gasteiger partial charge >= 0.3 is 0 Å². The van der Waals surface area contributed by atoms with E-state index in [-0.39, 0.29) is 11.6 Å². The number of para-hydroxylation sites is 1. The summed E-state index contributed by atoms with van der Waals surface area (Å²) in [4.78, 5) is 17.4. The van der Waals surface area contributed by atoms with Crippen molar-refractivity contribution < 1.29 is 9.18 Å². The molecule has 1 N–H and O–H groups in total. The lowest BCUT2D eigenvalue weighted by atomic mass is 10.1. The number of hydrogen-bond donors (Lipinski definition) is 1. The third kappa shape index (κ3) is 3.85. The predicted octanol–water partition coefficient (Wildman–Crippen LogP) is 5.25. The van der Waals surface area contributed by atoms with Crippen molar-refractivity contribution in [1.29, 1.82) is 0 Å². The van der Waals surface area contributed by atoms with E-state index in [9.17, 15) is 9.18 Å². The summed E-state index contributed by atoms with van der Waals surface area (Å²) in [6.07, 6.45) is 0. The Morgan fingerprint density at radius 3 is 2.40 bits per heavy atom. The molecule has 0 aliphatic carbocycles. The lowest BCUT2D eigenvalue weighted by Gasteiger charge is -2.08. The van der Waals surface area contributed by atoms with Gasteiger partial charge in [0.05, 0.1) is 5.69 Å². The van der Waals surface area contributed by atoms with Crippen LogP contribution < -0.4 is 5.32 Å². The van der Waals surface area contributed by atoms with Crippen molar-refractivity contribution in [2.75, 3.05) is 5.32 Å². The molecular weight excluding hydrogens is 379 g/mol. The van der Waals surface area contributed by atoms with Crippen molar-refractivity contribution in [2.45, 2.75) is 20.8 Å². The van der Waals surface area contributed by atoms with E-state index in [1.165, 1.54) is 12.1 Å². The molecular formula is C24H21FN4O. The van der Waals surface area contributed by atoms with E-state index in [1.54, 1.807) is 16.8 Å². The molecule has 0 aliphatic rings. The first-order chi connectivity index (χ1) is 14.4. The zero-order chi connectivity index (χ0) is 21.3. The Labute approximate surface area is 174 Å². The number of rotatable bonds is 4. The monoisotopic (exact) mass is 400 g/mol. The molecule has 0 unspecified atom stereocenters. The Morgan fingerprint density at radius 1 is 0.933 bits per heavy atom. The van der Waals surface area contributed by atoms with Crippen LogP contribution in [0.3, 0.4) is 0 Å². The smallest absolute Gasteiger partial charge is 0.295 e. The molecule has 5 nitrogen and oxygen atoms in total. The highest BCUT2D eigenvalue weighted by Gasteiger charge is 2.20. The van der Waals surface area contributed by atoms with Gasteiger partial charge in [-0.3, -0.25) is 4.79 Å². The minimum absolute atomic E-state index is 0.0403. The first kappa shape index (κ1) is 19.5. The van der Waals surface area contributed by atoms with Crippen LogP contribution in [0.4, 0.5) is 10.1 Å². The molecule has 3 aromatic carbocycles. The first-order valence-electron chi connectivity index (χ1n) is 9.60. The number of aryl methyl sites for hydroxylation is 3. The molecule has 1 aromatic heterocycles. The van der Waals surface area contributed by atoms with Gasteiger partial charge in [-0.15, -0.1) is 5.10 Å². The van der Waals surface area contributed by atoms with Gasteiger partial charge in [0.2, 0.25) is 5.82 Å². The number of nitrogens with zero attached hydrogens (tertiary/aromatic N) is 3. The predicted molar refractivity (Wildman–Crippen MR) is 115 cm³/mol. The Balaban J connectivity index is 1.79. The summed E-state index contributed by atoms with van der Waals surface area (Å²) < 4.78 is 15.1. The third-order valence-electron chi connectivity index (χ3n) is 4.90. The van der Waals surface area contributed by atoms with E-state index < -0.39 is 5.91 Å². The largest absolute Gasteiger partial charge is 0.319 e. The van der Waals surface area contributed by atoms with Crippen LogP contribution in [0.5, 0.6) is 0 Å². The number of hydrogen-bond acceptors (Lipinski definition) is 3. The van der Waals surface area contributed by atoms with E-state index in [0.29, 0.717) is 11.4 Å². The number of carbonyl (C=O) groups excluding carboxylic acids is 1. The van der Waals surface area contributed by atoms with Crippen molar-refractivity contribution in [3.05, 3.63) is 95.1 Å². The number of aromatic nitrogens is 3. The van der Waals surface area contributed by atoms with Crippen molar-refractivity contribution in [3.63, 3.8) is 0 Å². The summed E-state index contributed by atoms with van der Waals surface area (Å²) in [7, 11) is 0. The second kappa shape index (κ2) is 7.91. The highest BCUT2D eigenvalue weighted by Crippen LogP contribution is 2.24. The molecule has 0 fully saturated rings. The summed E-state index contributed by atoms with van der Waals surface area (Å²) >= 11 is 0. The Hall–Kier alpha value is -3.80. The number of carbonyl (C=O) groups is 1. The normalized spacial score (nSPS) is 10.8. The summed E-state index contributed by atoms with van der Waals surface area (Å²) in [6, 6.07) is 19.5. The zero-order valence-corrected chi connectivity index (χ0v) is 17.0. The highest BCUT2D eigenvalue weighted by molar-refractivity contribution is 6.02. The zero-order valence-electron chi connectivity index (χ0n) is 17.0. The van der Waals surface area contributed by atoms with Crippen LogP contribution in [-0.4, -0.2) is 20.7 Å². The molecule has 30 heavy (non-hydrogen) atoms. The SMILES string of the molecule is Cc1ccc(C)c(NC(=O)c2nc(-c3ccc(F)cc3)n(-c3ccccc3C)n2)c1. The van der Waals surface area contributed by atoms with Crippen LogP contribution in [0.2, 0.25) is 0 Å². The fourth-order valence-corrected chi connectivity index (χ4v) is 3.21. The van der Waals surface area contributed by atoms with E-state index in [2.05, 4.69) is 15.4 Å². The maximum absolute atomic E-state index is 13.4. The minimum Gasteiger partial charge on any atom is -0.319 e. The molecule has 4 rings (SSSR count). The second-order valence-corrected chi connectivity index (χ2v) is 7.24. The van der Waals surface area contributed by atoms with Gasteiger partial charge in [0.25, 0.3) is 5.91 Å². The first-order valence-corrected chi connectivity index (χ1v) is 9.60. The number of anilines is 1. The van der Waals surface area contributed by atoms with Crippen molar-refractivity contribution in [3.8, 4) is 17.1 Å². The van der Waals surface area contributed by atoms with Crippen molar-refractivity contribution >= 4 is 11.6 Å². The third-order valence-corrected chi connectivity index (χ3v) is 4.90. The van der Waals surface area contributed by atoms with Gasteiger partial charge in [0.1, 0.15) is 5.82 Å². The highest BCUT2D eigenvalue weighted by atomic mass is 19.1. The van der Waals surface area contributed by atoms with Crippen LogP contribution in [0.15, 0.2) is 66.7 Å². The molecule has 150 valence electrons. The number of benzene rings is 3. The van der Waals surface area contributed by atoms with Gasteiger partial charge in [0.15, 0.2) is 5.82 Å². The second-order valence-electron chi connectivity index (χ2n) is 7.24. The lowest BCUT2D eigenvalue weighted by molar-refractivity contribution is 0.101. The Kier molecular flexibility index (Phi) is 5.14. The topological polar surface area (TPSA) is 59.8 Å². The van der Waals surface area contributed by atoms with Crippen LogP contribution in [-0.2, 0) is 0 Å². The average molecular weight is 400 g/mol. The van der Waals surface area contributed by atoms with Gasteiger partial charge in [0, 0.05) is 11.3 Å². The van der Waals surface area contributed by atoms with Crippen LogP contribution in [0.1, 0.15) is 27.3 Å². The molecule has 1 amide bonds. The fourth-order valence-electron chi connectivity index (χ4n) is 3.21. The van der Waals surface area contributed by atoms with E-state index >= 15 is 0 Å². The number of halogens is 1. The Bertz CT molecular complexity index is 1230. The van der Waals surface area contributed by atoms with Gasteiger partial charge in [-0.25, -0.2) is 14.1 Å². The van der Waals surface area contributed by atoms with Gasteiger partial charge in [-0.05, 0) is 73.9 Å². The van der Waals surface area contributed by atoms with Crippen molar-refractivity contribution in [2.24, 2.45) is 0 Å². The maximum Gasteiger partial charge on any atom is 0.295 e. The molecule has 1 heterocycles. The molecule has 0 atom stereocenters. The van der Waals surface area contributed by atoms with Gasteiger partial charge in [-0.2, -0.15) is 0 Å². The molecule has 6 heteroatoms. The van der Waals surface area contributed by atoms with Crippen LogP contribution in [0.25, 0.3) is 17.1 Å². The standard InChI is InChI=1S/C24H21FN4O/c1-15-8-9-16(2)20(14-15)26-24(30)22-27-23(18-10-12-19(25)13-11-18)29(28-22)21-7-5-4-6-17(21)3/h4-14H,1-3H3,(H,26,30). The molecule has 0 spiro atoms. The molecule has 0 radical (unpaired) electrons. The van der Waals surface area contributed by atoms with Gasteiger partial charge < -0.3 is 5.32 Å². The average Bonchev–Trinajstić information content (AvgIpc) is 3.17. The molecule has 4 aromatic rings. The summed E-state index contributed by atoms with van der Waals surface area (Å²) in [5.41, 5.74) is 5.16. The van der Waals surface area contributed by atoms with Crippen molar-refractivity contribution in [1.82, 2.24) is 14.8 Å². The van der Waals surface area contributed by atoms with E-state index in [4.69, 9.17) is 0 Å². The minimum atomic E-state index is -0.403. The lowest BCUT2D eigenvalue weighted by Crippen LogP contribution is -2.15.